The summed E-state index contributed by atoms with van der Waals surface area (Å²) in [5.41, 5.74) is 3.46. The number of amides is 1. The lowest BCUT2D eigenvalue weighted by atomic mass is 10.1. The smallest absolute Gasteiger partial charge is 0.277 e. The number of piperazine rings is 1. The summed E-state index contributed by atoms with van der Waals surface area (Å²) in [6.45, 7) is 6.45. The molecule has 0 aliphatic carbocycles. The summed E-state index contributed by atoms with van der Waals surface area (Å²) in [7, 11) is 7.01. The molecule has 0 radical (unpaired) electrons. The number of carbonyl (C=O) groups is 1. The van der Waals surface area contributed by atoms with Gasteiger partial charge in [-0.05, 0) is 48.9 Å². The third-order valence-electron chi connectivity index (χ3n) is 5.86. The number of rotatable bonds is 8. The van der Waals surface area contributed by atoms with Crippen LogP contribution in [-0.2, 0) is 11.3 Å². The molecule has 1 amide bonds. The standard InChI is InChI=1S/C24H33N3O4/c1-18-14-22(30-4)23(31-5)15-19(18)16-25(2)17-24(28)27-12-10-26(11-13-27)20-6-8-21(29-3)9-7-20/h6-9,14-15H,10-13,16-17H2,1-5H3/p+1. The van der Waals surface area contributed by atoms with Crippen molar-refractivity contribution in [3.63, 3.8) is 0 Å². The van der Waals surface area contributed by atoms with Crippen LogP contribution < -0.4 is 24.0 Å². The fourth-order valence-electron chi connectivity index (χ4n) is 3.98. The number of benzene rings is 2. The van der Waals surface area contributed by atoms with Gasteiger partial charge in [0.2, 0.25) is 0 Å². The van der Waals surface area contributed by atoms with Gasteiger partial charge in [0, 0.05) is 37.4 Å². The van der Waals surface area contributed by atoms with Crippen molar-refractivity contribution < 1.29 is 23.9 Å². The average molecular weight is 429 g/mol. The number of nitrogens with zero attached hydrogens (tertiary/aromatic N) is 2. The highest BCUT2D eigenvalue weighted by molar-refractivity contribution is 5.77. The minimum Gasteiger partial charge on any atom is -0.497 e. The molecule has 7 nitrogen and oxygen atoms in total. The van der Waals surface area contributed by atoms with Crippen LogP contribution in [-0.4, -0.2) is 71.9 Å². The lowest BCUT2D eigenvalue weighted by Crippen LogP contribution is -3.09. The molecule has 7 heteroatoms. The van der Waals surface area contributed by atoms with E-state index >= 15 is 0 Å². The average Bonchev–Trinajstić information content (AvgIpc) is 2.80. The van der Waals surface area contributed by atoms with Crippen LogP contribution in [0.4, 0.5) is 5.69 Å². The van der Waals surface area contributed by atoms with Gasteiger partial charge in [-0.1, -0.05) is 0 Å². The van der Waals surface area contributed by atoms with Crippen LogP contribution in [0.3, 0.4) is 0 Å². The molecule has 1 aliphatic rings. The number of nitrogens with one attached hydrogen (secondary N) is 1. The minimum absolute atomic E-state index is 0.199. The highest BCUT2D eigenvalue weighted by atomic mass is 16.5. The van der Waals surface area contributed by atoms with Gasteiger partial charge in [0.1, 0.15) is 12.3 Å². The molecule has 168 valence electrons. The van der Waals surface area contributed by atoms with Gasteiger partial charge in [0.05, 0.1) is 28.4 Å². The molecule has 0 spiro atoms. The second kappa shape index (κ2) is 10.4. The molecule has 1 unspecified atom stereocenters. The maximum Gasteiger partial charge on any atom is 0.277 e. The van der Waals surface area contributed by atoms with Crippen molar-refractivity contribution in [1.82, 2.24) is 4.90 Å². The molecule has 2 aromatic rings. The van der Waals surface area contributed by atoms with E-state index in [0.29, 0.717) is 6.54 Å². The molecule has 31 heavy (non-hydrogen) atoms. The van der Waals surface area contributed by atoms with Crippen molar-refractivity contribution in [3.8, 4) is 17.2 Å². The third-order valence-corrected chi connectivity index (χ3v) is 5.86. The van der Waals surface area contributed by atoms with E-state index in [1.54, 1.807) is 21.3 Å². The Morgan fingerprint density at radius 2 is 1.55 bits per heavy atom. The first-order valence-electron chi connectivity index (χ1n) is 10.6. The monoisotopic (exact) mass is 428 g/mol. The van der Waals surface area contributed by atoms with Crippen molar-refractivity contribution in [2.24, 2.45) is 0 Å². The summed E-state index contributed by atoms with van der Waals surface area (Å²) >= 11 is 0. The Labute approximate surface area is 185 Å². The van der Waals surface area contributed by atoms with Crippen LogP contribution in [0.5, 0.6) is 17.2 Å². The lowest BCUT2D eigenvalue weighted by Gasteiger charge is -2.36. The number of ether oxygens (including phenoxy) is 3. The summed E-state index contributed by atoms with van der Waals surface area (Å²) in [6, 6.07) is 12.1. The Kier molecular flexibility index (Phi) is 7.63. The van der Waals surface area contributed by atoms with E-state index < -0.39 is 0 Å². The number of likely N-dealkylation sites (N-methyl/N-ethyl adjacent to an activating group) is 1. The molecule has 1 N–H and O–H groups in total. The molecular formula is C24H34N3O4+. The van der Waals surface area contributed by atoms with Crippen LogP contribution in [0.2, 0.25) is 0 Å². The van der Waals surface area contributed by atoms with Gasteiger partial charge in [0.15, 0.2) is 18.0 Å². The summed E-state index contributed by atoms with van der Waals surface area (Å²) in [6.07, 6.45) is 0. The summed E-state index contributed by atoms with van der Waals surface area (Å²) in [5, 5.41) is 0. The molecule has 0 bridgehead atoms. The Bertz CT molecular complexity index is 877. The number of quaternary nitrogens is 1. The number of aryl methyl sites for hydroxylation is 1. The van der Waals surface area contributed by atoms with E-state index in [9.17, 15) is 4.79 Å². The number of anilines is 1. The van der Waals surface area contributed by atoms with E-state index in [0.717, 1.165) is 66.0 Å². The van der Waals surface area contributed by atoms with Gasteiger partial charge in [-0.3, -0.25) is 4.79 Å². The number of carbonyl (C=O) groups excluding carboxylic acids is 1. The predicted molar refractivity (Wildman–Crippen MR) is 122 cm³/mol. The van der Waals surface area contributed by atoms with Gasteiger partial charge in [-0.2, -0.15) is 0 Å². The number of hydrogen-bond acceptors (Lipinski definition) is 5. The van der Waals surface area contributed by atoms with Crippen LogP contribution >= 0.6 is 0 Å². The number of hydrogen-bond donors (Lipinski definition) is 1. The van der Waals surface area contributed by atoms with E-state index in [4.69, 9.17) is 14.2 Å². The third kappa shape index (κ3) is 5.61. The first kappa shape index (κ1) is 22.7. The Morgan fingerprint density at radius 3 is 2.13 bits per heavy atom. The summed E-state index contributed by atoms with van der Waals surface area (Å²) in [5.74, 6) is 2.50. The molecule has 1 aliphatic heterocycles. The molecule has 2 aromatic carbocycles. The van der Waals surface area contributed by atoms with E-state index in [1.165, 1.54) is 5.69 Å². The SMILES string of the molecule is COc1ccc(N2CCN(C(=O)C[NH+](C)Cc3cc(OC)c(OC)cc3C)CC2)cc1. The van der Waals surface area contributed by atoms with E-state index in [1.807, 2.05) is 29.2 Å². The molecule has 1 fully saturated rings. The van der Waals surface area contributed by atoms with E-state index in [-0.39, 0.29) is 5.91 Å². The van der Waals surface area contributed by atoms with Crippen molar-refractivity contribution in [1.29, 1.82) is 0 Å². The quantitative estimate of drug-likeness (QED) is 0.689. The van der Waals surface area contributed by atoms with Gasteiger partial charge in [0.25, 0.3) is 5.91 Å². The summed E-state index contributed by atoms with van der Waals surface area (Å²) in [4.78, 5) is 18.3. The first-order valence-corrected chi connectivity index (χ1v) is 10.6. The predicted octanol–water partition coefficient (Wildman–Crippen LogP) is 1.38. The topological polar surface area (TPSA) is 55.7 Å². The van der Waals surface area contributed by atoms with Crippen LogP contribution in [0.1, 0.15) is 11.1 Å². The van der Waals surface area contributed by atoms with Crippen LogP contribution in [0.15, 0.2) is 36.4 Å². The molecule has 3 rings (SSSR count). The van der Waals surface area contributed by atoms with Crippen molar-refractivity contribution in [2.45, 2.75) is 13.5 Å². The fourth-order valence-corrected chi connectivity index (χ4v) is 3.98. The zero-order valence-corrected chi connectivity index (χ0v) is 19.2. The Hall–Kier alpha value is -2.93. The molecule has 1 saturated heterocycles. The van der Waals surface area contributed by atoms with Crippen molar-refractivity contribution in [2.75, 3.05) is 66.0 Å². The van der Waals surface area contributed by atoms with Gasteiger partial charge in [-0.25, -0.2) is 0 Å². The molecular weight excluding hydrogens is 394 g/mol. The normalized spacial score (nSPS) is 14.9. The molecule has 0 saturated carbocycles. The van der Waals surface area contributed by atoms with Gasteiger partial charge >= 0.3 is 0 Å². The fraction of sp³-hybridized carbons (Fsp3) is 0.458. The van der Waals surface area contributed by atoms with Crippen LogP contribution in [0.25, 0.3) is 0 Å². The molecule has 1 atom stereocenters. The maximum absolute atomic E-state index is 12.9. The maximum atomic E-state index is 12.9. The Morgan fingerprint density at radius 1 is 0.935 bits per heavy atom. The lowest BCUT2D eigenvalue weighted by molar-refractivity contribution is -0.885. The van der Waals surface area contributed by atoms with Gasteiger partial charge in [-0.15, -0.1) is 0 Å². The summed E-state index contributed by atoms with van der Waals surface area (Å²) < 4.78 is 16.0. The second-order valence-corrected chi connectivity index (χ2v) is 8.01. The largest absolute Gasteiger partial charge is 0.497 e. The van der Waals surface area contributed by atoms with Gasteiger partial charge < -0.3 is 28.9 Å². The number of methoxy groups -OCH3 is 3. The second-order valence-electron chi connectivity index (χ2n) is 8.01. The highest BCUT2D eigenvalue weighted by Gasteiger charge is 2.24. The van der Waals surface area contributed by atoms with E-state index in [2.05, 4.69) is 31.0 Å². The zero-order chi connectivity index (χ0) is 22.4. The highest BCUT2D eigenvalue weighted by Crippen LogP contribution is 2.29. The zero-order valence-electron chi connectivity index (χ0n) is 19.2. The van der Waals surface area contributed by atoms with Crippen molar-refractivity contribution in [3.05, 3.63) is 47.5 Å². The van der Waals surface area contributed by atoms with Crippen molar-refractivity contribution >= 4 is 11.6 Å². The Balaban J connectivity index is 1.52. The molecule has 1 heterocycles. The van der Waals surface area contributed by atoms with Crippen LogP contribution in [0, 0.1) is 6.92 Å². The molecule has 0 aromatic heterocycles. The minimum atomic E-state index is 0.199. The first-order chi connectivity index (χ1) is 14.9.